The summed E-state index contributed by atoms with van der Waals surface area (Å²) >= 11 is 0. The fraction of sp³-hybridized carbons (Fsp3) is 0.320. The van der Waals surface area contributed by atoms with Crippen molar-refractivity contribution >= 4 is 28.1 Å². The Kier molecular flexibility index (Phi) is 4.38. The first-order valence-electron chi connectivity index (χ1n) is 11.0. The molecule has 0 spiro atoms. The lowest BCUT2D eigenvalue weighted by molar-refractivity contribution is -0.120. The lowest BCUT2D eigenvalue weighted by Gasteiger charge is -2.20. The quantitative estimate of drug-likeness (QED) is 0.498. The second kappa shape index (κ2) is 7.29. The molecule has 0 radical (unpaired) electrons. The van der Waals surface area contributed by atoms with Gasteiger partial charge in [0.2, 0.25) is 5.91 Å². The van der Waals surface area contributed by atoms with E-state index in [1.165, 1.54) is 12.1 Å². The van der Waals surface area contributed by atoms with Crippen LogP contribution in [-0.4, -0.2) is 26.6 Å². The van der Waals surface area contributed by atoms with Crippen molar-refractivity contribution in [2.75, 3.05) is 5.32 Å². The highest BCUT2D eigenvalue weighted by atomic mass is 19.1. The van der Waals surface area contributed by atoms with Crippen LogP contribution in [0, 0.1) is 29.5 Å². The van der Waals surface area contributed by atoms with Crippen molar-refractivity contribution in [2.24, 2.45) is 23.7 Å². The summed E-state index contributed by atoms with van der Waals surface area (Å²) in [7, 11) is 0. The van der Waals surface area contributed by atoms with Gasteiger partial charge in [-0.3, -0.25) is 9.78 Å². The van der Waals surface area contributed by atoms with Crippen LogP contribution >= 0.6 is 0 Å². The molecule has 1 unspecified atom stereocenters. The Labute approximate surface area is 184 Å². The molecule has 6 nitrogen and oxygen atoms in total. The Bertz CT molecular complexity index is 1290. The van der Waals surface area contributed by atoms with Crippen LogP contribution in [0.1, 0.15) is 19.8 Å². The molecule has 7 heteroatoms. The number of anilines is 1. The molecule has 1 N–H and O–H groups in total. The summed E-state index contributed by atoms with van der Waals surface area (Å²) in [5.74, 6) is 2.26. The van der Waals surface area contributed by atoms with Crippen molar-refractivity contribution in [1.82, 2.24) is 14.6 Å². The van der Waals surface area contributed by atoms with E-state index in [0.717, 1.165) is 23.9 Å². The number of hydrogen-bond acceptors (Lipinski definition) is 4. The molecule has 4 aromatic rings. The van der Waals surface area contributed by atoms with Gasteiger partial charge in [0.1, 0.15) is 11.6 Å². The molecule has 2 saturated carbocycles. The number of carbonyl (C=O) groups excluding carboxylic acids is 1. The molecule has 6 rings (SSSR count). The molecule has 2 aliphatic carbocycles. The minimum absolute atomic E-state index is 0.0147. The van der Waals surface area contributed by atoms with Gasteiger partial charge in [-0.1, -0.05) is 13.0 Å². The summed E-state index contributed by atoms with van der Waals surface area (Å²) < 4.78 is 21.7. The van der Waals surface area contributed by atoms with Gasteiger partial charge in [-0.25, -0.2) is 8.91 Å². The van der Waals surface area contributed by atoms with E-state index in [0.29, 0.717) is 34.7 Å². The lowest BCUT2D eigenvalue weighted by Crippen LogP contribution is -2.25. The molecular weight excluding hydrogens is 407 g/mol. The molecular formula is C25H23FN4O2. The maximum absolute atomic E-state index is 13.7. The zero-order valence-corrected chi connectivity index (χ0v) is 17.6. The first-order chi connectivity index (χ1) is 15.6. The normalized spacial score (nSPS) is 24.9. The Balaban J connectivity index is 1.08. The van der Waals surface area contributed by atoms with Crippen LogP contribution in [0.15, 0.2) is 60.9 Å². The zero-order chi connectivity index (χ0) is 21.8. The maximum Gasteiger partial charge on any atom is 0.228 e. The number of pyridine rings is 2. The second-order valence-corrected chi connectivity index (χ2v) is 8.96. The Morgan fingerprint density at radius 1 is 1.19 bits per heavy atom. The first kappa shape index (κ1) is 19.2. The lowest BCUT2D eigenvalue weighted by atomic mass is 9.97. The third kappa shape index (κ3) is 3.28. The number of carbonyl (C=O) groups is 1. The zero-order valence-electron chi connectivity index (χ0n) is 17.6. The number of ether oxygens (including phenoxy) is 1. The molecule has 3 heterocycles. The number of halogens is 1. The summed E-state index contributed by atoms with van der Waals surface area (Å²) in [5.41, 5.74) is 1.67. The molecule has 162 valence electrons. The smallest absolute Gasteiger partial charge is 0.228 e. The predicted octanol–water partition coefficient (Wildman–Crippen LogP) is 4.70. The van der Waals surface area contributed by atoms with E-state index in [2.05, 4.69) is 15.4 Å². The third-order valence-electron chi connectivity index (χ3n) is 7.04. The average molecular weight is 430 g/mol. The molecule has 0 bridgehead atoms. The second-order valence-electron chi connectivity index (χ2n) is 8.96. The fourth-order valence-corrected chi connectivity index (χ4v) is 5.47. The largest absolute Gasteiger partial charge is 0.490 e. The van der Waals surface area contributed by atoms with Crippen molar-refractivity contribution < 1.29 is 13.9 Å². The number of aromatic nitrogens is 3. The first-order valence-corrected chi connectivity index (χ1v) is 11.0. The highest BCUT2D eigenvalue weighted by Gasteiger charge is 2.59. The number of nitrogens with one attached hydrogen (secondary N) is 1. The van der Waals surface area contributed by atoms with E-state index < -0.39 is 0 Å². The van der Waals surface area contributed by atoms with E-state index in [-0.39, 0.29) is 23.7 Å². The molecule has 2 aliphatic rings. The fourth-order valence-electron chi connectivity index (χ4n) is 5.47. The molecule has 5 atom stereocenters. The number of hydrogen-bond donors (Lipinski definition) is 1. The van der Waals surface area contributed by atoms with Crippen LogP contribution in [0.25, 0.3) is 16.4 Å². The molecule has 3 aromatic heterocycles. The number of amides is 1. The minimum Gasteiger partial charge on any atom is -0.490 e. The third-order valence-corrected chi connectivity index (χ3v) is 7.04. The molecule has 0 aliphatic heterocycles. The van der Waals surface area contributed by atoms with Gasteiger partial charge in [-0.15, -0.1) is 0 Å². The van der Waals surface area contributed by atoms with Gasteiger partial charge < -0.3 is 10.1 Å². The van der Waals surface area contributed by atoms with Gasteiger partial charge in [-0.05, 0) is 67.0 Å². The average Bonchev–Trinajstić information content (AvgIpc) is 3.10. The van der Waals surface area contributed by atoms with Crippen LogP contribution in [-0.2, 0) is 4.79 Å². The van der Waals surface area contributed by atoms with Crippen molar-refractivity contribution in [3.05, 3.63) is 66.7 Å². The van der Waals surface area contributed by atoms with E-state index in [1.807, 2.05) is 37.4 Å². The monoisotopic (exact) mass is 430 g/mol. The van der Waals surface area contributed by atoms with Crippen LogP contribution in [0.4, 0.5) is 10.2 Å². The van der Waals surface area contributed by atoms with Crippen LogP contribution in [0.2, 0.25) is 0 Å². The topological polar surface area (TPSA) is 68.5 Å². The number of rotatable bonds is 5. The molecule has 32 heavy (non-hydrogen) atoms. The standard InChI is InChI=1S/C25H23FN4O2/c1-14(25(31)28-23-11-16-4-2-3-9-30(16)29-23)24-18-12-17(13-19(18)24)32-22-7-8-27-21-6-5-15(26)10-20(21)22/h2-11,14,17-19,24H,12-13H2,1H3,(H,28,29,31)/t14?,17-,18-,19+,24-. The summed E-state index contributed by atoms with van der Waals surface area (Å²) in [6.07, 6.45) is 5.48. The number of benzene rings is 1. The van der Waals surface area contributed by atoms with E-state index in [1.54, 1.807) is 22.8 Å². The highest BCUT2D eigenvalue weighted by Crippen LogP contribution is 2.61. The van der Waals surface area contributed by atoms with Gasteiger partial charge >= 0.3 is 0 Å². The molecule has 1 amide bonds. The molecule has 2 fully saturated rings. The van der Waals surface area contributed by atoms with Gasteiger partial charge in [0, 0.05) is 29.8 Å². The Morgan fingerprint density at radius 3 is 2.84 bits per heavy atom. The summed E-state index contributed by atoms with van der Waals surface area (Å²) in [4.78, 5) is 17.1. The SMILES string of the molecule is CC(C(=O)Nc1cc2ccccn2n1)[C@@H]1[C@@H]2C[C@@H](Oc3ccnc4ccc(F)cc34)C[C@@H]21. The predicted molar refractivity (Wildman–Crippen MR) is 119 cm³/mol. The van der Waals surface area contributed by atoms with Crippen molar-refractivity contribution in [2.45, 2.75) is 25.9 Å². The molecule has 0 saturated heterocycles. The van der Waals surface area contributed by atoms with E-state index in [9.17, 15) is 9.18 Å². The van der Waals surface area contributed by atoms with Gasteiger partial charge in [0.05, 0.1) is 17.1 Å². The molecule has 1 aromatic carbocycles. The van der Waals surface area contributed by atoms with Crippen molar-refractivity contribution in [3.63, 3.8) is 0 Å². The summed E-state index contributed by atoms with van der Waals surface area (Å²) in [5, 5.41) is 8.08. The van der Waals surface area contributed by atoms with Crippen LogP contribution in [0.5, 0.6) is 5.75 Å². The van der Waals surface area contributed by atoms with E-state index >= 15 is 0 Å². The van der Waals surface area contributed by atoms with Crippen molar-refractivity contribution in [1.29, 1.82) is 0 Å². The maximum atomic E-state index is 13.7. The van der Waals surface area contributed by atoms with Crippen LogP contribution < -0.4 is 10.1 Å². The minimum atomic E-state index is -0.296. The highest BCUT2D eigenvalue weighted by molar-refractivity contribution is 5.92. The van der Waals surface area contributed by atoms with Gasteiger partial charge in [0.25, 0.3) is 0 Å². The Hall–Kier alpha value is -3.48. The Morgan fingerprint density at radius 2 is 2.03 bits per heavy atom. The summed E-state index contributed by atoms with van der Waals surface area (Å²) in [6.45, 7) is 2.00. The number of nitrogens with zero attached hydrogens (tertiary/aromatic N) is 3. The summed E-state index contributed by atoms with van der Waals surface area (Å²) in [6, 6.07) is 14.0. The van der Waals surface area contributed by atoms with E-state index in [4.69, 9.17) is 4.74 Å². The van der Waals surface area contributed by atoms with Gasteiger partial charge in [0.15, 0.2) is 5.82 Å². The van der Waals surface area contributed by atoms with Crippen LogP contribution in [0.3, 0.4) is 0 Å². The van der Waals surface area contributed by atoms with Crippen molar-refractivity contribution in [3.8, 4) is 5.75 Å². The number of fused-ring (bicyclic) bond motifs is 3. The van der Waals surface area contributed by atoms with Gasteiger partial charge in [-0.2, -0.15) is 5.10 Å².